The van der Waals surface area contributed by atoms with Gasteiger partial charge in [-0.1, -0.05) is 50.3 Å². The fraction of sp³-hybridized carbons (Fsp3) is 0.333. The highest BCUT2D eigenvalue weighted by atomic mass is 16.5. The molecule has 4 heteroatoms. The number of hydrogen-bond donors (Lipinski definition) is 0. The van der Waals surface area contributed by atoms with E-state index >= 15 is 0 Å². The van der Waals surface area contributed by atoms with Crippen molar-refractivity contribution in [2.75, 3.05) is 6.61 Å². The van der Waals surface area contributed by atoms with E-state index in [-0.39, 0.29) is 12.1 Å². The first-order valence-electron chi connectivity index (χ1n) is 8.90. The summed E-state index contributed by atoms with van der Waals surface area (Å²) in [5.41, 5.74) is 2.44. The molecule has 4 nitrogen and oxygen atoms in total. The van der Waals surface area contributed by atoms with E-state index in [0.717, 1.165) is 18.0 Å². The van der Waals surface area contributed by atoms with Crippen LogP contribution in [-0.4, -0.2) is 23.1 Å². The number of rotatable bonds is 5. The van der Waals surface area contributed by atoms with Crippen molar-refractivity contribution in [3.63, 3.8) is 0 Å². The average molecular weight is 334 g/mol. The van der Waals surface area contributed by atoms with Crippen molar-refractivity contribution in [3.8, 4) is 0 Å². The molecule has 1 aliphatic carbocycles. The van der Waals surface area contributed by atoms with E-state index in [1.165, 1.54) is 5.56 Å². The van der Waals surface area contributed by atoms with Crippen LogP contribution in [0.5, 0.6) is 0 Å². The molecule has 1 aromatic carbocycles. The Morgan fingerprint density at radius 3 is 2.88 bits per heavy atom. The van der Waals surface area contributed by atoms with Crippen LogP contribution in [0.4, 0.5) is 0 Å². The van der Waals surface area contributed by atoms with Crippen LogP contribution < -0.4 is 4.57 Å². The molecular formula is C21H24N3O+. The molecule has 0 saturated carbocycles. The number of benzene rings is 1. The maximum Gasteiger partial charge on any atom is 0.244 e. The summed E-state index contributed by atoms with van der Waals surface area (Å²) >= 11 is 0. The Bertz CT molecular complexity index is 830. The molecule has 1 unspecified atom stereocenters. The Balaban J connectivity index is 1.51. The average Bonchev–Trinajstić information content (AvgIpc) is 3.35. The van der Waals surface area contributed by atoms with Crippen molar-refractivity contribution in [2.24, 2.45) is 10.9 Å². The highest BCUT2D eigenvalue weighted by Crippen LogP contribution is 2.29. The molecule has 0 fully saturated rings. The molecule has 0 N–H and O–H groups in total. The lowest BCUT2D eigenvalue weighted by Gasteiger charge is -2.10. The molecule has 0 bridgehead atoms. The molecular weight excluding hydrogens is 310 g/mol. The first-order chi connectivity index (χ1) is 12.2. The van der Waals surface area contributed by atoms with Gasteiger partial charge in [-0.05, 0) is 23.6 Å². The number of aliphatic imine (C=N–C) groups is 1. The molecule has 2 aromatic rings. The minimum absolute atomic E-state index is 0.154. The Labute approximate surface area is 148 Å². The number of hydrogen-bond acceptors (Lipinski definition) is 2. The molecule has 2 heterocycles. The fourth-order valence-corrected chi connectivity index (χ4v) is 3.28. The summed E-state index contributed by atoms with van der Waals surface area (Å²) < 4.78 is 10.3. The van der Waals surface area contributed by atoms with Gasteiger partial charge in [0.25, 0.3) is 0 Å². The normalized spacial score (nSPS) is 22.2. The van der Waals surface area contributed by atoms with Gasteiger partial charge in [0.15, 0.2) is 0 Å². The highest BCUT2D eigenvalue weighted by molar-refractivity contribution is 5.96. The number of allylic oxidation sites excluding steroid dienone is 3. The smallest absolute Gasteiger partial charge is 0.244 e. The third kappa shape index (κ3) is 3.29. The van der Waals surface area contributed by atoms with Crippen LogP contribution in [0.3, 0.4) is 0 Å². The van der Waals surface area contributed by atoms with Gasteiger partial charge in [-0.15, -0.1) is 0 Å². The van der Waals surface area contributed by atoms with E-state index in [9.17, 15) is 0 Å². The summed E-state index contributed by atoms with van der Waals surface area (Å²) in [6.07, 6.45) is 12.8. The van der Waals surface area contributed by atoms with E-state index in [1.807, 2.05) is 6.07 Å². The molecule has 0 spiro atoms. The quantitative estimate of drug-likeness (QED) is 0.772. The standard InChI is InChI=1S/C21H24N3O/c1-16(2)19-14-25-21(22-19)18-9-6-10-20(18)24-12-11-23(15-24)13-17-7-4-3-5-8-17/h3-12,15-16,19-20H,13-14H2,1-2H3/q+1/t19-,20?/m1/s1. The van der Waals surface area contributed by atoms with Gasteiger partial charge >= 0.3 is 0 Å². The molecule has 1 aliphatic heterocycles. The minimum Gasteiger partial charge on any atom is -0.475 e. The lowest BCUT2D eigenvalue weighted by Crippen LogP contribution is -2.31. The summed E-state index contributed by atoms with van der Waals surface area (Å²) in [5.74, 6) is 1.31. The van der Waals surface area contributed by atoms with Crippen LogP contribution in [0.2, 0.25) is 0 Å². The predicted molar refractivity (Wildman–Crippen MR) is 98.4 cm³/mol. The zero-order valence-electron chi connectivity index (χ0n) is 14.7. The van der Waals surface area contributed by atoms with E-state index < -0.39 is 0 Å². The predicted octanol–water partition coefficient (Wildman–Crippen LogP) is 3.31. The third-order valence-electron chi connectivity index (χ3n) is 4.82. The summed E-state index contributed by atoms with van der Waals surface area (Å²) in [7, 11) is 0. The van der Waals surface area contributed by atoms with Gasteiger partial charge in [-0.3, -0.25) is 0 Å². The number of ether oxygens (including phenoxy) is 1. The van der Waals surface area contributed by atoms with E-state index in [1.54, 1.807) is 0 Å². The number of imidazole rings is 1. The molecule has 2 aliphatic rings. The van der Waals surface area contributed by atoms with E-state index in [4.69, 9.17) is 9.73 Å². The fourth-order valence-electron chi connectivity index (χ4n) is 3.28. The van der Waals surface area contributed by atoms with Crippen molar-refractivity contribution in [2.45, 2.75) is 32.5 Å². The second-order valence-electron chi connectivity index (χ2n) is 7.03. The first kappa shape index (κ1) is 15.9. The van der Waals surface area contributed by atoms with Crippen LogP contribution in [0.15, 0.2) is 77.8 Å². The maximum absolute atomic E-state index is 5.89. The van der Waals surface area contributed by atoms with Crippen molar-refractivity contribution >= 4 is 5.90 Å². The molecule has 0 radical (unpaired) electrons. The van der Waals surface area contributed by atoms with Gasteiger partial charge in [-0.25, -0.2) is 14.1 Å². The van der Waals surface area contributed by atoms with Crippen LogP contribution in [0, 0.1) is 5.92 Å². The molecule has 1 aromatic heterocycles. The zero-order valence-corrected chi connectivity index (χ0v) is 14.7. The van der Waals surface area contributed by atoms with Gasteiger partial charge in [0.2, 0.25) is 12.2 Å². The Hall–Kier alpha value is -2.62. The third-order valence-corrected chi connectivity index (χ3v) is 4.82. The van der Waals surface area contributed by atoms with Crippen molar-refractivity contribution in [1.82, 2.24) is 4.57 Å². The molecule has 25 heavy (non-hydrogen) atoms. The molecule has 0 saturated heterocycles. The topological polar surface area (TPSA) is 30.4 Å². The van der Waals surface area contributed by atoms with Crippen molar-refractivity contribution < 1.29 is 9.30 Å². The van der Waals surface area contributed by atoms with Gasteiger partial charge in [-0.2, -0.15) is 0 Å². The largest absolute Gasteiger partial charge is 0.475 e. The SMILES string of the molecule is CC(C)[C@H]1COC(C2=CC=CC2n2cc[n+](Cc3ccccc3)c2)=N1. The van der Waals surface area contributed by atoms with Gasteiger partial charge < -0.3 is 4.74 Å². The maximum atomic E-state index is 5.89. The summed E-state index contributed by atoms with van der Waals surface area (Å²) in [6.45, 7) is 5.95. The highest BCUT2D eigenvalue weighted by Gasteiger charge is 2.31. The lowest BCUT2D eigenvalue weighted by atomic mass is 10.1. The van der Waals surface area contributed by atoms with Crippen LogP contribution >= 0.6 is 0 Å². The Morgan fingerprint density at radius 2 is 2.12 bits per heavy atom. The second kappa shape index (κ2) is 6.71. The number of aromatic nitrogens is 2. The van der Waals surface area contributed by atoms with E-state index in [0.29, 0.717) is 12.5 Å². The van der Waals surface area contributed by atoms with E-state index in [2.05, 4.69) is 84.2 Å². The summed E-state index contributed by atoms with van der Waals surface area (Å²) in [6, 6.07) is 10.9. The van der Waals surface area contributed by atoms with Gasteiger partial charge in [0.1, 0.15) is 31.6 Å². The Kier molecular flexibility index (Phi) is 4.26. The van der Waals surface area contributed by atoms with Crippen LogP contribution in [0.1, 0.15) is 25.5 Å². The van der Waals surface area contributed by atoms with Crippen LogP contribution in [-0.2, 0) is 11.3 Å². The monoisotopic (exact) mass is 334 g/mol. The minimum atomic E-state index is 0.154. The van der Waals surface area contributed by atoms with Crippen LogP contribution in [0.25, 0.3) is 0 Å². The molecule has 2 atom stereocenters. The Morgan fingerprint density at radius 1 is 1.28 bits per heavy atom. The van der Waals surface area contributed by atoms with Gasteiger partial charge in [0, 0.05) is 0 Å². The first-order valence-corrected chi connectivity index (χ1v) is 8.90. The van der Waals surface area contributed by atoms with Crippen molar-refractivity contribution in [1.29, 1.82) is 0 Å². The number of nitrogens with zero attached hydrogens (tertiary/aromatic N) is 3. The van der Waals surface area contributed by atoms with Gasteiger partial charge in [0.05, 0.1) is 11.6 Å². The summed E-state index contributed by atoms with van der Waals surface area (Å²) in [5, 5.41) is 0. The molecule has 4 rings (SSSR count). The summed E-state index contributed by atoms with van der Waals surface area (Å²) in [4.78, 5) is 4.79. The molecule has 0 amide bonds. The lowest BCUT2D eigenvalue weighted by molar-refractivity contribution is -0.687. The van der Waals surface area contributed by atoms with Crippen molar-refractivity contribution in [3.05, 3.63) is 78.4 Å². The second-order valence-corrected chi connectivity index (χ2v) is 7.03. The molecule has 128 valence electrons. The zero-order chi connectivity index (χ0) is 17.2.